The Bertz CT molecular complexity index is 1220. The van der Waals surface area contributed by atoms with Crippen molar-refractivity contribution >= 4 is 21.8 Å². The van der Waals surface area contributed by atoms with E-state index in [1.807, 2.05) is 37.3 Å². The second-order valence-corrected chi connectivity index (χ2v) is 6.72. The molecule has 0 atom stereocenters. The van der Waals surface area contributed by atoms with E-state index in [1.165, 1.54) is 5.56 Å². The second-order valence-electron chi connectivity index (χ2n) is 6.72. The van der Waals surface area contributed by atoms with Gasteiger partial charge in [-0.2, -0.15) is 0 Å². The van der Waals surface area contributed by atoms with Gasteiger partial charge in [-0.15, -0.1) is 0 Å². The average Bonchev–Trinajstić information content (AvgIpc) is 2.70. The van der Waals surface area contributed by atoms with E-state index in [-0.39, 0.29) is 11.1 Å². The number of rotatable bonds is 5. The van der Waals surface area contributed by atoms with Crippen LogP contribution in [0.4, 0.5) is 0 Å². The van der Waals surface area contributed by atoms with Gasteiger partial charge in [0.15, 0.2) is 0 Å². The van der Waals surface area contributed by atoms with Crippen molar-refractivity contribution in [3.63, 3.8) is 0 Å². The summed E-state index contributed by atoms with van der Waals surface area (Å²) in [6.45, 7) is 3.27. The van der Waals surface area contributed by atoms with Gasteiger partial charge in [0.2, 0.25) is 0 Å². The number of hydrogen-bond donors (Lipinski definition) is 0. The molecule has 0 amide bonds. The molecule has 4 rings (SSSR count). The van der Waals surface area contributed by atoms with Crippen LogP contribution in [0.15, 0.2) is 70.5 Å². The maximum Gasteiger partial charge on any atom is 0.260 e. The minimum Gasteiger partial charge on any atom is -0.315 e. The Balaban J connectivity index is 1.78. The maximum atomic E-state index is 12.9. The minimum atomic E-state index is -0.108. The van der Waals surface area contributed by atoms with Crippen LogP contribution in [0.1, 0.15) is 18.9 Å². The quantitative estimate of drug-likeness (QED) is 0.514. The lowest BCUT2D eigenvalue weighted by atomic mass is 10.1. The van der Waals surface area contributed by atoms with Crippen LogP contribution in [-0.4, -0.2) is 14.1 Å². The molecule has 5 heteroatoms. The highest BCUT2D eigenvalue weighted by Crippen LogP contribution is 2.14. The van der Waals surface area contributed by atoms with Crippen LogP contribution < -0.4 is 11.1 Å². The summed E-state index contributed by atoms with van der Waals surface area (Å²) in [5, 5.41) is 0.987. The molecule has 0 saturated carbocycles. The third-order valence-corrected chi connectivity index (χ3v) is 4.84. The molecule has 0 saturated heterocycles. The second kappa shape index (κ2) is 7.19. The number of benzene rings is 1. The van der Waals surface area contributed by atoms with E-state index >= 15 is 0 Å². The van der Waals surface area contributed by atoms with Gasteiger partial charge in [-0.05, 0) is 36.6 Å². The summed E-state index contributed by atoms with van der Waals surface area (Å²) in [6.07, 6.45) is 5.20. The van der Waals surface area contributed by atoms with Crippen molar-refractivity contribution in [2.24, 2.45) is 0 Å². The molecule has 4 aromatic rings. The molecule has 0 spiro atoms. The smallest absolute Gasteiger partial charge is 0.260 e. The lowest BCUT2D eigenvalue weighted by Crippen LogP contribution is -2.22. The number of nitrogens with zero attached hydrogens (tertiary/aromatic N) is 3. The van der Waals surface area contributed by atoms with Gasteiger partial charge >= 0.3 is 0 Å². The molecule has 136 valence electrons. The Morgan fingerprint density at radius 3 is 2.00 bits per heavy atom. The molecule has 3 heterocycles. The van der Waals surface area contributed by atoms with E-state index < -0.39 is 0 Å². The molecule has 0 radical (unpaired) electrons. The van der Waals surface area contributed by atoms with Crippen LogP contribution in [0.2, 0.25) is 0 Å². The maximum absolute atomic E-state index is 12.9. The molecule has 5 nitrogen and oxygen atoms in total. The standard InChI is InChI=1S/C22H21N3O2/c1-2-11-24-13-9-19-17(21(24)26)15-18-20(23-19)10-14-25(22(18)27)12-8-16-6-4-3-5-7-16/h3-7,9-10,13-15H,2,8,11-12H2,1H3. The first-order valence-corrected chi connectivity index (χ1v) is 9.24. The highest BCUT2D eigenvalue weighted by Gasteiger charge is 2.10. The molecule has 0 bridgehead atoms. The summed E-state index contributed by atoms with van der Waals surface area (Å²) in [4.78, 5) is 30.1. The first-order chi connectivity index (χ1) is 13.2. The molecule has 0 unspecified atom stereocenters. The van der Waals surface area contributed by atoms with Crippen LogP contribution in [0.3, 0.4) is 0 Å². The van der Waals surface area contributed by atoms with Gasteiger partial charge in [0.05, 0.1) is 21.8 Å². The molecule has 0 fully saturated rings. The Morgan fingerprint density at radius 2 is 1.41 bits per heavy atom. The van der Waals surface area contributed by atoms with Gasteiger partial charge < -0.3 is 9.13 Å². The molecular weight excluding hydrogens is 338 g/mol. The highest BCUT2D eigenvalue weighted by atomic mass is 16.1. The van der Waals surface area contributed by atoms with E-state index in [4.69, 9.17) is 0 Å². The Hall–Kier alpha value is -3.21. The summed E-state index contributed by atoms with van der Waals surface area (Å²) < 4.78 is 3.36. The molecule has 0 aliphatic heterocycles. The monoisotopic (exact) mass is 359 g/mol. The van der Waals surface area contributed by atoms with Crippen molar-refractivity contribution in [1.29, 1.82) is 0 Å². The van der Waals surface area contributed by atoms with Crippen LogP contribution in [0.5, 0.6) is 0 Å². The fourth-order valence-corrected chi connectivity index (χ4v) is 3.39. The van der Waals surface area contributed by atoms with E-state index in [2.05, 4.69) is 17.1 Å². The van der Waals surface area contributed by atoms with Crippen molar-refractivity contribution in [2.75, 3.05) is 0 Å². The molecule has 3 aromatic heterocycles. The highest BCUT2D eigenvalue weighted by molar-refractivity contribution is 5.91. The summed E-state index contributed by atoms with van der Waals surface area (Å²) in [7, 11) is 0. The fraction of sp³-hybridized carbons (Fsp3) is 0.227. The molecule has 0 aliphatic rings. The number of hydrogen-bond acceptors (Lipinski definition) is 3. The van der Waals surface area contributed by atoms with E-state index in [0.717, 1.165) is 12.8 Å². The minimum absolute atomic E-state index is 0.0946. The average molecular weight is 359 g/mol. The topological polar surface area (TPSA) is 56.9 Å². The van der Waals surface area contributed by atoms with Gasteiger partial charge in [-0.3, -0.25) is 9.59 Å². The van der Waals surface area contributed by atoms with E-state index in [1.54, 1.807) is 27.6 Å². The lowest BCUT2D eigenvalue weighted by Gasteiger charge is -2.09. The zero-order chi connectivity index (χ0) is 18.8. The predicted octanol–water partition coefficient (Wildman–Crippen LogP) is 3.36. The number of fused-ring (bicyclic) bond motifs is 2. The third kappa shape index (κ3) is 3.28. The largest absolute Gasteiger partial charge is 0.315 e. The zero-order valence-electron chi connectivity index (χ0n) is 15.3. The van der Waals surface area contributed by atoms with Crippen LogP contribution in [0.25, 0.3) is 21.8 Å². The Morgan fingerprint density at radius 1 is 0.815 bits per heavy atom. The Labute approximate surface area is 156 Å². The van der Waals surface area contributed by atoms with E-state index in [0.29, 0.717) is 34.9 Å². The first-order valence-electron chi connectivity index (χ1n) is 9.24. The van der Waals surface area contributed by atoms with Crippen LogP contribution in [-0.2, 0) is 19.5 Å². The van der Waals surface area contributed by atoms with Crippen molar-refractivity contribution in [1.82, 2.24) is 14.1 Å². The SMILES string of the molecule is CCCn1ccc2nc3ccn(CCc4ccccc4)c(=O)c3cc2c1=O. The van der Waals surface area contributed by atoms with Gasteiger partial charge in [0.1, 0.15) is 0 Å². The van der Waals surface area contributed by atoms with Crippen molar-refractivity contribution < 1.29 is 0 Å². The summed E-state index contributed by atoms with van der Waals surface area (Å²) in [6, 6.07) is 15.5. The van der Waals surface area contributed by atoms with Crippen LogP contribution >= 0.6 is 0 Å². The molecule has 1 aromatic carbocycles. The van der Waals surface area contributed by atoms with Gasteiger partial charge in [0.25, 0.3) is 11.1 Å². The van der Waals surface area contributed by atoms with E-state index in [9.17, 15) is 9.59 Å². The molecule has 27 heavy (non-hydrogen) atoms. The van der Waals surface area contributed by atoms with Crippen molar-refractivity contribution in [3.8, 4) is 0 Å². The van der Waals surface area contributed by atoms with Crippen molar-refractivity contribution in [2.45, 2.75) is 32.9 Å². The summed E-state index contributed by atoms with van der Waals surface area (Å²) in [5.41, 5.74) is 2.23. The van der Waals surface area contributed by atoms with Gasteiger partial charge in [0, 0.05) is 25.5 Å². The predicted molar refractivity (Wildman–Crippen MR) is 108 cm³/mol. The first kappa shape index (κ1) is 17.2. The lowest BCUT2D eigenvalue weighted by molar-refractivity contribution is 0.659. The normalized spacial score (nSPS) is 11.3. The van der Waals surface area contributed by atoms with Gasteiger partial charge in [-0.1, -0.05) is 37.3 Å². The fourth-order valence-electron chi connectivity index (χ4n) is 3.39. The molecule has 0 N–H and O–H groups in total. The van der Waals surface area contributed by atoms with Crippen LogP contribution in [0, 0.1) is 0 Å². The molecule has 0 aliphatic carbocycles. The van der Waals surface area contributed by atoms with Crippen molar-refractivity contribution in [3.05, 3.63) is 87.2 Å². The zero-order valence-corrected chi connectivity index (χ0v) is 15.3. The summed E-state index contributed by atoms with van der Waals surface area (Å²) >= 11 is 0. The number of aryl methyl sites for hydroxylation is 3. The number of pyridine rings is 3. The van der Waals surface area contributed by atoms with Gasteiger partial charge in [-0.25, -0.2) is 4.98 Å². The third-order valence-electron chi connectivity index (χ3n) is 4.84. The molecular formula is C22H21N3O2. The number of aromatic nitrogens is 3. The Kier molecular flexibility index (Phi) is 4.59. The summed E-state index contributed by atoms with van der Waals surface area (Å²) in [5.74, 6) is 0.